The summed E-state index contributed by atoms with van der Waals surface area (Å²) in [6.07, 6.45) is 3.12. The Labute approximate surface area is 191 Å². The molecule has 4 heterocycles. The molecule has 0 radical (unpaired) electrons. The van der Waals surface area contributed by atoms with Gasteiger partial charge in [0.05, 0.1) is 0 Å². The van der Waals surface area contributed by atoms with Gasteiger partial charge >= 0.3 is 5.69 Å². The summed E-state index contributed by atoms with van der Waals surface area (Å²) in [7, 11) is 0. The van der Waals surface area contributed by atoms with Gasteiger partial charge in [0.25, 0.3) is 5.92 Å². The molecule has 11 heteroatoms. The van der Waals surface area contributed by atoms with Gasteiger partial charge < -0.3 is 14.4 Å². The van der Waals surface area contributed by atoms with Crippen LogP contribution in [0.2, 0.25) is 0 Å². The number of fused-ring (bicyclic) bond motifs is 3. The Hall–Kier alpha value is -3.63. The molecular formula is C23H20F4N4O3. The number of alkyl halides is 2. The first-order valence-electron chi connectivity index (χ1n) is 10.7. The maximum absolute atomic E-state index is 14.6. The quantitative estimate of drug-likeness (QED) is 0.492. The summed E-state index contributed by atoms with van der Waals surface area (Å²) in [5.74, 6) is -5.45. The Morgan fingerprint density at radius 1 is 1.18 bits per heavy atom. The van der Waals surface area contributed by atoms with Crippen molar-refractivity contribution in [2.45, 2.75) is 44.9 Å². The smallest absolute Gasteiger partial charge is 0.352 e. The number of aromatic nitrogens is 3. The molecule has 7 nitrogen and oxygen atoms in total. The van der Waals surface area contributed by atoms with Gasteiger partial charge in [0, 0.05) is 44.4 Å². The van der Waals surface area contributed by atoms with E-state index >= 15 is 0 Å². The molecule has 34 heavy (non-hydrogen) atoms. The molecule has 2 aliphatic heterocycles. The largest absolute Gasteiger partial charge is 0.473 e. The number of ether oxygens (including phenoxy) is 2. The number of benzene rings is 1. The molecule has 1 atom stereocenters. The Bertz CT molecular complexity index is 1290. The molecule has 2 aliphatic rings. The van der Waals surface area contributed by atoms with E-state index in [1.54, 1.807) is 10.6 Å². The van der Waals surface area contributed by atoms with Crippen LogP contribution in [0.1, 0.15) is 31.0 Å². The van der Waals surface area contributed by atoms with E-state index in [9.17, 15) is 22.4 Å². The third-order valence-corrected chi connectivity index (χ3v) is 5.88. The van der Waals surface area contributed by atoms with E-state index in [0.717, 1.165) is 49.6 Å². The summed E-state index contributed by atoms with van der Waals surface area (Å²) in [6, 6.07) is 6.08. The standard InChI is InChI=1S/C23H20F4N4O3/c1-23(26,27)18-9-15(4-5-28-18)34-21-16(24)7-13(8-17(21)25)12-33-19-10-20-30-6-2-3-14(30)11-31(20)22(32)29-19/h4-5,7-10,14H,2-3,6,11-12H2,1H3/t14-/m0/s1. The van der Waals surface area contributed by atoms with E-state index in [4.69, 9.17) is 9.47 Å². The molecule has 178 valence electrons. The first-order chi connectivity index (χ1) is 16.2. The summed E-state index contributed by atoms with van der Waals surface area (Å²) in [5.41, 5.74) is -0.884. The van der Waals surface area contributed by atoms with Crippen LogP contribution in [0.4, 0.5) is 23.4 Å². The number of hydrogen-bond donors (Lipinski definition) is 0. The Balaban J connectivity index is 1.32. The zero-order chi connectivity index (χ0) is 24.0. The van der Waals surface area contributed by atoms with Crippen molar-refractivity contribution in [3.05, 3.63) is 69.9 Å². The van der Waals surface area contributed by atoms with E-state index < -0.39 is 34.7 Å². The average Bonchev–Trinajstić information content (AvgIpc) is 3.37. The molecule has 0 spiro atoms. The zero-order valence-electron chi connectivity index (χ0n) is 18.1. The van der Waals surface area contributed by atoms with Crippen molar-refractivity contribution < 1.29 is 27.0 Å². The molecule has 1 fully saturated rings. The number of nitrogens with zero attached hydrogens (tertiary/aromatic N) is 4. The number of hydrogen-bond acceptors (Lipinski definition) is 6. The van der Waals surface area contributed by atoms with Crippen LogP contribution in [-0.4, -0.2) is 27.1 Å². The maximum Gasteiger partial charge on any atom is 0.352 e. The van der Waals surface area contributed by atoms with E-state index in [1.807, 2.05) is 0 Å². The van der Waals surface area contributed by atoms with E-state index in [-0.39, 0.29) is 29.8 Å². The molecule has 0 aliphatic carbocycles. The van der Waals surface area contributed by atoms with Crippen LogP contribution in [0.15, 0.2) is 41.3 Å². The molecule has 2 aromatic heterocycles. The first-order valence-corrected chi connectivity index (χ1v) is 10.7. The van der Waals surface area contributed by atoms with Gasteiger partial charge in [-0.3, -0.25) is 9.55 Å². The summed E-state index contributed by atoms with van der Waals surface area (Å²) in [4.78, 5) is 21.9. The molecule has 0 unspecified atom stereocenters. The fourth-order valence-corrected chi connectivity index (χ4v) is 4.28. The molecule has 0 amide bonds. The van der Waals surface area contributed by atoms with Crippen molar-refractivity contribution in [3.63, 3.8) is 0 Å². The normalized spacial score (nSPS) is 17.0. The number of halogens is 4. The van der Waals surface area contributed by atoms with Crippen LogP contribution in [0.5, 0.6) is 17.4 Å². The van der Waals surface area contributed by atoms with Crippen molar-refractivity contribution in [1.29, 1.82) is 0 Å². The Morgan fingerprint density at radius 2 is 1.94 bits per heavy atom. The van der Waals surface area contributed by atoms with Crippen molar-refractivity contribution in [2.24, 2.45) is 0 Å². The van der Waals surface area contributed by atoms with Crippen LogP contribution in [0.25, 0.3) is 0 Å². The third kappa shape index (κ3) is 4.17. The topological polar surface area (TPSA) is 69.5 Å². The first kappa shape index (κ1) is 22.2. The lowest BCUT2D eigenvalue weighted by atomic mass is 10.2. The van der Waals surface area contributed by atoms with Crippen LogP contribution < -0.4 is 20.1 Å². The van der Waals surface area contributed by atoms with Gasteiger partial charge in [0.1, 0.15) is 23.9 Å². The van der Waals surface area contributed by atoms with Crippen molar-refractivity contribution in [3.8, 4) is 17.4 Å². The third-order valence-electron chi connectivity index (χ3n) is 5.88. The molecule has 0 N–H and O–H groups in total. The van der Waals surface area contributed by atoms with Gasteiger partial charge in [0.15, 0.2) is 17.4 Å². The Kier molecular flexibility index (Phi) is 5.41. The van der Waals surface area contributed by atoms with Gasteiger partial charge in [-0.15, -0.1) is 0 Å². The molecule has 0 saturated carbocycles. The van der Waals surface area contributed by atoms with Crippen LogP contribution in [0, 0.1) is 11.6 Å². The molecule has 0 bridgehead atoms. The van der Waals surface area contributed by atoms with Gasteiger partial charge in [-0.1, -0.05) is 0 Å². The van der Waals surface area contributed by atoms with Crippen molar-refractivity contribution in [1.82, 2.24) is 14.5 Å². The second kappa shape index (κ2) is 8.30. The predicted molar refractivity (Wildman–Crippen MR) is 113 cm³/mol. The highest BCUT2D eigenvalue weighted by atomic mass is 19.3. The molecule has 1 saturated heterocycles. The van der Waals surface area contributed by atoms with Crippen LogP contribution in [0.3, 0.4) is 0 Å². The van der Waals surface area contributed by atoms with Gasteiger partial charge in [-0.25, -0.2) is 13.6 Å². The minimum Gasteiger partial charge on any atom is -0.473 e. The molecular weight excluding hydrogens is 456 g/mol. The highest BCUT2D eigenvalue weighted by Gasteiger charge is 2.34. The fraction of sp³-hybridized carbons (Fsp3) is 0.348. The highest BCUT2D eigenvalue weighted by Crippen LogP contribution is 2.34. The monoisotopic (exact) mass is 476 g/mol. The van der Waals surface area contributed by atoms with Crippen molar-refractivity contribution in [2.75, 3.05) is 11.4 Å². The van der Waals surface area contributed by atoms with Gasteiger partial charge in [-0.05, 0) is 36.6 Å². The lowest BCUT2D eigenvalue weighted by molar-refractivity contribution is 0.0125. The average molecular weight is 476 g/mol. The van der Waals surface area contributed by atoms with Gasteiger partial charge in [-0.2, -0.15) is 13.8 Å². The Morgan fingerprint density at radius 3 is 2.68 bits per heavy atom. The minimum absolute atomic E-state index is 0.0646. The zero-order valence-corrected chi connectivity index (χ0v) is 18.1. The maximum atomic E-state index is 14.6. The second-order valence-corrected chi connectivity index (χ2v) is 8.38. The van der Waals surface area contributed by atoms with Crippen LogP contribution in [-0.2, 0) is 19.1 Å². The lowest BCUT2D eigenvalue weighted by Crippen LogP contribution is -2.24. The fourth-order valence-electron chi connectivity index (χ4n) is 4.28. The molecule has 1 aromatic carbocycles. The van der Waals surface area contributed by atoms with Gasteiger partial charge in [0.2, 0.25) is 5.88 Å². The van der Waals surface area contributed by atoms with E-state index in [2.05, 4.69) is 14.9 Å². The minimum atomic E-state index is -3.23. The predicted octanol–water partition coefficient (Wildman–Crippen LogP) is 4.38. The molecule has 3 aromatic rings. The number of anilines is 1. The van der Waals surface area contributed by atoms with Crippen LogP contribution >= 0.6 is 0 Å². The molecule has 5 rings (SSSR count). The highest BCUT2D eigenvalue weighted by molar-refractivity contribution is 5.48. The lowest BCUT2D eigenvalue weighted by Gasteiger charge is -2.17. The van der Waals surface area contributed by atoms with E-state index in [1.165, 1.54) is 6.07 Å². The van der Waals surface area contributed by atoms with E-state index in [0.29, 0.717) is 13.5 Å². The number of rotatable bonds is 6. The SMILES string of the molecule is CC(F)(F)c1cc(Oc2c(F)cc(COc3cc4n(c(=O)n3)C[C@@H]3CCCN43)cc2F)ccn1. The number of pyridine rings is 1. The summed E-state index contributed by atoms with van der Waals surface area (Å²) >= 11 is 0. The summed E-state index contributed by atoms with van der Waals surface area (Å²) in [5, 5.41) is 0. The van der Waals surface area contributed by atoms with Crippen molar-refractivity contribution >= 4 is 5.82 Å². The second-order valence-electron chi connectivity index (χ2n) is 8.38. The summed E-state index contributed by atoms with van der Waals surface area (Å²) < 4.78 is 68.4. The summed E-state index contributed by atoms with van der Waals surface area (Å²) in [6.45, 7) is 1.85.